The summed E-state index contributed by atoms with van der Waals surface area (Å²) in [5.41, 5.74) is 0.497. The van der Waals surface area contributed by atoms with Gasteiger partial charge in [-0.25, -0.2) is 0 Å². The van der Waals surface area contributed by atoms with Gasteiger partial charge < -0.3 is 10.2 Å². The van der Waals surface area contributed by atoms with E-state index in [1.807, 2.05) is 38.3 Å². The minimum atomic E-state index is -0.553. The number of hydrogen-bond acceptors (Lipinski definition) is 3. The Balaban J connectivity index is 2.15. The maximum absolute atomic E-state index is 13.1. The van der Waals surface area contributed by atoms with Gasteiger partial charge in [0, 0.05) is 22.0 Å². The Hall–Kier alpha value is -1.85. The molecule has 1 aromatic carbocycles. The van der Waals surface area contributed by atoms with Crippen LogP contribution in [0.2, 0.25) is 5.02 Å². The van der Waals surface area contributed by atoms with Crippen molar-refractivity contribution in [2.75, 3.05) is 6.54 Å². The molecule has 0 saturated carbocycles. The van der Waals surface area contributed by atoms with Crippen molar-refractivity contribution in [2.45, 2.75) is 39.8 Å². The van der Waals surface area contributed by atoms with Crippen LogP contribution in [0.15, 0.2) is 41.8 Å². The number of thiophene rings is 1. The molecule has 2 rings (SSSR count). The van der Waals surface area contributed by atoms with E-state index in [9.17, 15) is 9.59 Å². The molecule has 0 aliphatic heterocycles. The van der Waals surface area contributed by atoms with Crippen LogP contribution in [-0.2, 0) is 11.3 Å². The molecular weight excluding hydrogens is 368 g/mol. The van der Waals surface area contributed by atoms with E-state index in [1.165, 1.54) is 0 Å². The zero-order chi connectivity index (χ0) is 19.1. The topological polar surface area (TPSA) is 49.4 Å². The molecule has 0 aliphatic carbocycles. The second-order valence-electron chi connectivity index (χ2n) is 6.28. The fourth-order valence-corrected chi connectivity index (χ4v) is 3.49. The monoisotopic (exact) mass is 392 g/mol. The summed E-state index contributed by atoms with van der Waals surface area (Å²) in [7, 11) is 0. The summed E-state index contributed by atoms with van der Waals surface area (Å²) in [6.07, 6.45) is 0.799. The van der Waals surface area contributed by atoms with Gasteiger partial charge in [0.15, 0.2) is 0 Å². The van der Waals surface area contributed by atoms with E-state index in [4.69, 9.17) is 11.6 Å². The number of benzene rings is 1. The van der Waals surface area contributed by atoms with Crippen molar-refractivity contribution in [3.05, 3.63) is 57.2 Å². The Morgan fingerprint density at radius 1 is 1.19 bits per heavy atom. The number of nitrogens with zero attached hydrogens (tertiary/aromatic N) is 1. The maximum atomic E-state index is 13.1. The first-order valence-electron chi connectivity index (χ1n) is 8.83. The van der Waals surface area contributed by atoms with Gasteiger partial charge in [-0.3, -0.25) is 9.59 Å². The highest BCUT2D eigenvalue weighted by Crippen LogP contribution is 2.17. The van der Waals surface area contributed by atoms with E-state index in [0.717, 1.165) is 11.3 Å². The first-order valence-corrected chi connectivity index (χ1v) is 10.1. The van der Waals surface area contributed by atoms with Crippen LogP contribution >= 0.6 is 22.9 Å². The summed E-state index contributed by atoms with van der Waals surface area (Å²) in [5.74, 6) is -0.263. The lowest BCUT2D eigenvalue weighted by Crippen LogP contribution is -2.51. The van der Waals surface area contributed by atoms with E-state index in [0.29, 0.717) is 23.7 Å². The summed E-state index contributed by atoms with van der Waals surface area (Å²) < 4.78 is 0. The number of halogens is 1. The van der Waals surface area contributed by atoms with Crippen molar-refractivity contribution in [3.8, 4) is 0 Å². The van der Waals surface area contributed by atoms with E-state index in [1.54, 1.807) is 40.5 Å². The maximum Gasteiger partial charge on any atom is 0.251 e. The van der Waals surface area contributed by atoms with Gasteiger partial charge in [0.2, 0.25) is 5.91 Å². The lowest BCUT2D eigenvalue weighted by atomic mass is 9.97. The average molecular weight is 393 g/mol. The molecule has 6 heteroatoms. The molecule has 0 aliphatic rings. The third-order valence-electron chi connectivity index (χ3n) is 4.49. The van der Waals surface area contributed by atoms with Gasteiger partial charge in [-0.2, -0.15) is 0 Å². The zero-order valence-electron chi connectivity index (χ0n) is 15.4. The standard InChI is InChI=1S/C20H25ClN2O2S/c1-4-14(3)18(22-19(24)15-8-10-16(21)11-9-15)20(25)23(5-2)13-17-7-6-12-26-17/h6-12,14,18H,4-5,13H2,1-3H3,(H,22,24). The first kappa shape index (κ1) is 20.5. The minimum absolute atomic E-state index is 0.0381. The van der Waals surface area contributed by atoms with Crippen LogP contribution in [0.25, 0.3) is 0 Å². The number of rotatable bonds is 8. The molecule has 0 radical (unpaired) electrons. The molecule has 0 bridgehead atoms. The van der Waals surface area contributed by atoms with Crippen molar-refractivity contribution in [1.82, 2.24) is 10.2 Å². The number of nitrogens with one attached hydrogen (secondary N) is 1. The highest BCUT2D eigenvalue weighted by molar-refractivity contribution is 7.09. The molecule has 1 N–H and O–H groups in total. The second kappa shape index (κ2) is 9.74. The fourth-order valence-electron chi connectivity index (χ4n) is 2.64. The van der Waals surface area contributed by atoms with Crippen LogP contribution in [0.4, 0.5) is 0 Å². The van der Waals surface area contributed by atoms with Crippen molar-refractivity contribution in [3.63, 3.8) is 0 Å². The highest BCUT2D eigenvalue weighted by Gasteiger charge is 2.29. The van der Waals surface area contributed by atoms with E-state index < -0.39 is 6.04 Å². The summed E-state index contributed by atoms with van der Waals surface area (Å²) in [4.78, 5) is 28.6. The van der Waals surface area contributed by atoms with Gasteiger partial charge in [0.25, 0.3) is 5.91 Å². The lowest BCUT2D eigenvalue weighted by Gasteiger charge is -2.30. The van der Waals surface area contributed by atoms with Gasteiger partial charge in [-0.15, -0.1) is 11.3 Å². The zero-order valence-corrected chi connectivity index (χ0v) is 16.9. The van der Waals surface area contributed by atoms with Crippen LogP contribution < -0.4 is 5.32 Å². The largest absolute Gasteiger partial charge is 0.340 e. The van der Waals surface area contributed by atoms with Crippen LogP contribution in [0.3, 0.4) is 0 Å². The molecule has 2 atom stereocenters. The average Bonchev–Trinajstić information content (AvgIpc) is 3.16. The van der Waals surface area contributed by atoms with Crippen molar-refractivity contribution >= 4 is 34.8 Å². The van der Waals surface area contributed by atoms with Crippen molar-refractivity contribution in [2.24, 2.45) is 5.92 Å². The number of hydrogen-bond donors (Lipinski definition) is 1. The lowest BCUT2D eigenvalue weighted by molar-refractivity contribution is -0.134. The highest BCUT2D eigenvalue weighted by atomic mass is 35.5. The van der Waals surface area contributed by atoms with Crippen LogP contribution in [0, 0.1) is 5.92 Å². The second-order valence-corrected chi connectivity index (χ2v) is 7.74. The number of carbonyl (C=O) groups is 2. The molecule has 1 aromatic heterocycles. The number of amides is 2. The summed E-state index contributed by atoms with van der Waals surface area (Å²) in [5, 5.41) is 5.50. The van der Waals surface area contributed by atoms with Gasteiger partial charge in [-0.1, -0.05) is 37.9 Å². The van der Waals surface area contributed by atoms with E-state index in [-0.39, 0.29) is 17.7 Å². The Labute approximate surface area is 164 Å². The molecule has 0 fully saturated rings. The van der Waals surface area contributed by atoms with Gasteiger partial charge in [-0.05, 0) is 48.6 Å². The van der Waals surface area contributed by atoms with E-state index >= 15 is 0 Å². The summed E-state index contributed by atoms with van der Waals surface area (Å²) >= 11 is 7.51. The Morgan fingerprint density at radius 2 is 1.88 bits per heavy atom. The van der Waals surface area contributed by atoms with Crippen LogP contribution in [0.5, 0.6) is 0 Å². The number of carbonyl (C=O) groups excluding carboxylic acids is 2. The molecule has 1 heterocycles. The SMILES string of the molecule is CCC(C)C(NC(=O)c1ccc(Cl)cc1)C(=O)N(CC)Cc1cccs1. The normalized spacial score (nSPS) is 13.1. The fraction of sp³-hybridized carbons (Fsp3) is 0.400. The molecule has 0 spiro atoms. The van der Waals surface area contributed by atoms with Crippen LogP contribution in [0.1, 0.15) is 42.4 Å². The third-order valence-corrected chi connectivity index (χ3v) is 5.61. The van der Waals surface area contributed by atoms with E-state index in [2.05, 4.69) is 5.32 Å². The predicted octanol–water partition coefficient (Wildman–Crippen LogP) is 4.59. The Morgan fingerprint density at radius 3 is 2.42 bits per heavy atom. The molecule has 26 heavy (non-hydrogen) atoms. The van der Waals surface area contributed by atoms with Crippen molar-refractivity contribution < 1.29 is 9.59 Å². The predicted molar refractivity (Wildman–Crippen MR) is 108 cm³/mol. The molecule has 2 aromatic rings. The molecule has 4 nitrogen and oxygen atoms in total. The van der Waals surface area contributed by atoms with Gasteiger partial charge in [0.1, 0.15) is 6.04 Å². The minimum Gasteiger partial charge on any atom is -0.340 e. The molecule has 0 saturated heterocycles. The smallest absolute Gasteiger partial charge is 0.251 e. The first-order chi connectivity index (χ1) is 12.5. The van der Waals surface area contributed by atoms with Gasteiger partial charge in [0.05, 0.1) is 6.54 Å². The summed E-state index contributed by atoms with van der Waals surface area (Å²) in [6, 6.07) is 10.1. The van der Waals surface area contributed by atoms with Gasteiger partial charge >= 0.3 is 0 Å². The molecule has 2 amide bonds. The Kier molecular flexibility index (Phi) is 7.66. The molecule has 140 valence electrons. The Bertz CT molecular complexity index is 716. The molecular formula is C20H25ClN2O2S. The summed E-state index contributed by atoms with van der Waals surface area (Å²) in [6.45, 7) is 7.13. The number of likely N-dealkylation sites (N-methyl/N-ethyl adjacent to an activating group) is 1. The quantitative estimate of drug-likeness (QED) is 0.713. The molecule has 2 unspecified atom stereocenters. The van der Waals surface area contributed by atoms with Crippen molar-refractivity contribution in [1.29, 1.82) is 0 Å². The third kappa shape index (κ3) is 5.32. The van der Waals surface area contributed by atoms with Crippen LogP contribution in [-0.4, -0.2) is 29.3 Å².